The third-order valence-electron chi connectivity index (χ3n) is 7.98. The van der Waals surface area contributed by atoms with Crippen LogP contribution in [0.3, 0.4) is 0 Å². The van der Waals surface area contributed by atoms with Gasteiger partial charge in [0.15, 0.2) is 11.4 Å². The van der Waals surface area contributed by atoms with Crippen LogP contribution >= 0.6 is 0 Å². The highest BCUT2D eigenvalue weighted by atomic mass is 16.3. The Morgan fingerprint density at radius 1 is 1.00 bits per heavy atom. The summed E-state index contributed by atoms with van der Waals surface area (Å²) in [6.07, 6.45) is 25.9. The normalized spacial score (nSPS) is 33.3. The Labute approximate surface area is 193 Å². The van der Waals surface area contributed by atoms with Crippen LogP contribution in [0.4, 0.5) is 0 Å². The topological polar surface area (TPSA) is 65.8 Å². The number of carbonyl (C=O) groups excluding carboxylic acids is 1. The molecular formula is C27H29N3O3. The van der Waals surface area contributed by atoms with Gasteiger partial charge in [0, 0.05) is 30.6 Å². The lowest BCUT2D eigenvalue weighted by Crippen LogP contribution is -2.62. The highest BCUT2D eigenvalue weighted by Crippen LogP contribution is 2.46. The lowest BCUT2D eigenvalue weighted by molar-refractivity contribution is 0.0652. The minimum Gasteiger partial charge on any atom is -0.502 e. The predicted molar refractivity (Wildman–Crippen MR) is 127 cm³/mol. The van der Waals surface area contributed by atoms with Crippen LogP contribution in [0.15, 0.2) is 77.3 Å². The highest BCUT2D eigenvalue weighted by Gasteiger charge is 2.47. The van der Waals surface area contributed by atoms with E-state index in [1.807, 2.05) is 0 Å². The molecule has 2 bridgehead atoms. The molecule has 4 unspecified atom stereocenters. The number of hydrogen-bond donors (Lipinski definition) is 1. The SMILES string of the molecule is O=C1c2c(O)c(=O)ccn2N2CN1CCC/C=C\C1=CC=CC3CCC4C=CC=CC4[C@@H]2C13. The highest BCUT2D eigenvalue weighted by molar-refractivity contribution is 5.96. The monoisotopic (exact) mass is 443 g/mol. The molecule has 6 heteroatoms. The maximum atomic E-state index is 13.4. The largest absolute Gasteiger partial charge is 0.502 e. The van der Waals surface area contributed by atoms with Crippen molar-refractivity contribution in [1.29, 1.82) is 0 Å². The summed E-state index contributed by atoms with van der Waals surface area (Å²) in [4.78, 5) is 27.5. The number of pyridine rings is 1. The minimum atomic E-state index is -0.513. The van der Waals surface area contributed by atoms with Crippen molar-refractivity contribution in [3.05, 3.63) is 88.4 Å². The van der Waals surface area contributed by atoms with E-state index in [0.29, 0.717) is 25.0 Å². The molecule has 1 aromatic heterocycles. The first-order valence-corrected chi connectivity index (χ1v) is 12.0. The Morgan fingerprint density at radius 2 is 1.82 bits per heavy atom. The van der Waals surface area contributed by atoms with E-state index in [1.165, 1.54) is 11.6 Å². The average Bonchev–Trinajstić information content (AvgIpc) is 3.01. The number of rotatable bonds is 0. The molecular weight excluding hydrogens is 414 g/mol. The maximum absolute atomic E-state index is 13.4. The zero-order valence-electron chi connectivity index (χ0n) is 18.6. The molecule has 1 fully saturated rings. The van der Waals surface area contributed by atoms with Crippen molar-refractivity contribution in [2.45, 2.75) is 31.7 Å². The van der Waals surface area contributed by atoms with Gasteiger partial charge in [-0.15, -0.1) is 0 Å². The van der Waals surface area contributed by atoms with E-state index in [2.05, 4.69) is 59.7 Å². The fraction of sp³-hybridized carbons (Fsp3) is 0.407. The van der Waals surface area contributed by atoms with E-state index in [-0.39, 0.29) is 29.5 Å². The molecule has 6 nitrogen and oxygen atoms in total. The van der Waals surface area contributed by atoms with Crippen LogP contribution in [0.5, 0.6) is 5.75 Å². The summed E-state index contributed by atoms with van der Waals surface area (Å²) in [5, 5.41) is 12.9. The summed E-state index contributed by atoms with van der Waals surface area (Å²) < 4.78 is 1.77. The molecule has 0 spiro atoms. The molecule has 0 radical (unpaired) electrons. The molecule has 3 aliphatic carbocycles. The molecule has 1 saturated carbocycles. The van der Waals surface area contributed by atoms with Crippen LogP contribution in [-0.4, -0.2) is 39.8 Å². The molecule has 5 atom stereocenters. The number of allylic oxidation sites excluding steroid dienone is 8. The van der Waals surface area contributed by atoms with Gasteiger partial charge in [0.25, 0.3) is 5.91 Å². The van der Waals surface area contributed by atoms with Crippen molar-refractivity contribution in [2.24, 2.45) is 23.7 Å². The van der Waals surface area contributed by atoms with Gasteiger partial charge in [0.05, 0.1) is 6.04 Å². The van der Waals surface area contributed by atoms with E-state index >= 15 is 0 Å². The number of hydrogen-bond acceptors (Lipinski definition) is 4. The molecule has 5 aliphatic rings. The van der Waals surface area contributed by atoms with E-state index in [4.69, 9.17) is 0 Å². The van der Waals surface area contributed by atoms with Crippen LogP contribution < -0.4 is 10.4 Å². The second-order valence-electron chi connectivity index (χ2n) is 9.74. The number of nitrogens with zero attached hydrogens (tertiary/aromatic N) is 3. The summed E-state index contributed by atoms with van der Waals surface area (Å²) in [5.74, 6) is 0.598. The van der Waals surface area contributed by atoms with Crippen LogP contribution in [-0.2, 0) is 0 Å². The molecule has 0 saturated heterocycles. The van der Waals surface area contributed by atoms with Crippen molar-refractivity contribution in [3.63, 3.8) is 0 Å². The Hall–Kier alpha value is -3.28. The number of amides is 1. The van der Waals surface area contributed by atoms with Gasteiger partial charge in [-0.1, -0.05) is 54.7 Å². The number of fused-ring (bicyclic) bond motifs is 7. The molecule has 170 valence electrons. The molecule has 0 aromatic carbocycles. The first-order chi connectivity index (χ1) is 16.1. The summed E-state index contributed by atoms with van der Waals surface area (Å²) in [6, 6.07) is 1.44. The molecule has 1 N–H and O–H groups in total. The molecule has 33 heavy (non-hydrogen) atoms. The molecule has 1 amide bonds. The van der Waals surface area contributed by atoms with Crippen molar-refractivity contribution in [1.82, 2.24) is 9.58 Å². The molecule has 6 rings (SSSR count). The lowest BCUT2D eigenvalue weighted by atomic mass is 9.72. The molecule has 1 aromatic rings. The Bertz CT molecular complexity index is 1190. The van der Waals surface area contributed by atoms with Crippen molar-refractivity contribution < 1.29 is 9.90 Å². The summed E-state index contributed by atoms with van der Waals surface area (Å²) in [7, 11) is 0. The van der Waals surface area contributed by atoms with Crippen LogP contribution in [0.25, 0.3) is 0 Å². The predicted octanol–water partition coefficient (Wildman–Crippen LogP) is 3.50. The smallest absolute Gasteiger partial charge is 0.277 e. The Kier molecular flexibility index (Phi) is 4.89. The minimum absolute atomic E-state index is 0.0684. The quantitative estimate of drug-likeness (QED) is 0.667. The fourth-order valence-electron chi connectivity index (χ4n) is 6.43. The van der Waals surface area contributed by atoms with Crippen LogP contribution in [0.2, 0.25) is 0 Å². The third-order valence-corrected chi connectivity index (χ3v) is 7.98. The standard InChI is InChI=1S/C27H29N3O3/c31-22-14-16-29-25(26(22)32)27(33)28-15-5-1-2-8-19-9-6-10-20-13-12-18-7-3-4-11-21(18)24(23(19)20)30(29)17-28/h2-4,6-11,14,16,18,20-21,23-24,32H,1,5,12-13,15,17H2/b8-2-/t18?,20?,21?,23?,24-/m1/s1. The lowest BCUT2D eigenvalue weighted by Gasteiger charge is -2.50. The Morgan fingerprint density at radius 3 is 2.73 bits per heavy atom. The van der Waals surface area contributed by atoms with E-state index in [9.17, 15) is 14.7 Å². The number of carbonyl (C=O) groups is 1. The van der Waals surface area contributed by atoms with Crippen molar-refractivity contribution >= 4 is 5.91 Å². The Balaban J connectivity index is 1.59. The third kappa shape index (κ3) is 3.23. The van der Waals surface area contributed by atoms with Gasteiger partial charge in [-0.3, -0.25) is 19.3 Å². The molecule has 3 heterocycles. The number of aromatic hydroxyl groups is 1. The van der Waals surface area contributed by atoms with Crippen molar-refractivity contribution in [2.75, 3.05) is 18.2 Å². The first-order valence-electron chi connectivity index (χ1n) is 12.0. The van der Waals surface area contributed by atoms with Gasteiger partial charge in [0.1, 0.15) is 6.67 Å². The zero-order valence-corrected chi connectivity index (χ0v) is 18.6. The summed E-state index contributed by atoms with van der Waals surface area (Å²) >= 11 is 0. The fourth-order valence-corrected chi connectivity index (χ4v) is 6.43. The maximum Gasteiger partial charge on any atom is 0.277 e. The van der Waals surface area contributed by atoms with E-state index in [1.54, 1.807) is 15.8 Å². The molecule has 2 aliphatic heterocycles. The second kappa shape index (κ2) is 7.94. The average molecular weight is 444 g/mol. The van der Waals surface area contributed by atoms with Gasteiger partial charge in [-0.2, -0.15) is 0 Å². The zero-order chi connectivity index (χ0) is 22.5. The first kappa shape index (κ1) is 20.3. The van der Waals surface area contributed by atoms with E-state index in [0.717, 1.165) is 25.7 Å². The van der Waals surface area contributed by atoms with Gasteiger partial charge < -0.3 is 10.0 Å². The van der Waals surface area contributed by atoms with Crippen LogP contribution in [0.1, 0.15) is 36.2 Å². The van der Waals surface area contributed by atoms with Crippen molar-refractivity contribution in [3.8, 4) is 5.75 Å². The summed E-state index contributed by atoms with van der Waals surface area (Å²) in [5.41, 5.74) is 0.902. The summed E-state index contributed by atoms with van der Waals surface area (Å²) in [6.45, 7) is 1.03. The van der Waals surface area contributed by atoms with Gasteiger partial charge >= 0.3 is 0 Å². The van der Waals surface area contributed by atoms with E-state index < -0.39 is 11.2 Å². The van der Waals surface area contributed by atoms with Crippen LogP contribution in [0, 0.1) is 23.7 Å². The van der Waals surface area contributed by atoms with Gasteiger partial charge in [-0.05, 0) is 43.1 Å². The van der Waals surface area contributed by atoms with Gasteiger partial charge in [-0.25, -0.2) is 0 Å². The second-order valence-corrected chi connectivity index (χ2v) is 9.74. The number of aromatic nitrogens is 1. The van der Waals surface area contributed by atoms with Gasteiger partial charge in [0.2, 0.25) is 5.43 Å².